The Hall–Kier alpha value is -1.75. The van der Waals surface area contributed by atoms with E-state index >= 15 is 0 Å². The highest BCUT2D eigenvalue weighted by Gasteiger charge is 2.30. The topological polar surface area (TPSA) is 70.0 Å². The number of rotatable bonds is 3. The van der Waals surface area contributed by atoms with E-state index in [4.69, 9.17) is 14.9 Å². The lowest BCUT2D eigenvalue weighted by atomic mass is 10.0. The first kappa shape index (κ1) is 12.7. The number of likely N-dealkylation sites (N-methyl/N-ethyl adjacent to an activating group) is 1. The Bertz CT molecular complexity index is 460. The third kappa shape index (κ3) is 2.13. The lowest BCUT2D eigenvalue weighted by Gasteiger charge is -2.39. The highest BCUT2D eigenvalue weighted by Crippen LogP contribution is 2.36. The summed E-state index contributed by atoms with van der Waals surface area (Å²) in [6.45, 7) is 2.07. The molecule has 5 heteroatoms. The predicted octanol–water partition coefficient (Wildman–Crippen LogP) is 1.35. The number of benzene rings is 1. The van der Waals surface area contributed by atoms with Crippen molar-refractivity contribution in [3.63, 3.8) is 0 Å². The Morgan fingerprint density at radius 1 is 1.50 bits per heavy atom. The second-order valence-electron chi connectivity index (χ2n) is 4.51. The maximum atomic E-state index is 10.9. The van der Waals surface area contributed by atoms with Crippen LogP contribution in [-0.4, -0.2) is 42.0 Å². The zero-order valence-corrected chi connectivity index (χ0v) is 10.5. The lowest BCUT2D eigenvalue weighted by Crippen LogP contribution is -2.46. The second kappa shape index (κ2) is 4.86. The van der Waals surface area contributed by atoms with Crippen LogP contribution >= 0.6 is 0 Å². The average Bonchev–Trinajstić information content (AvgIpc) is 2.35. The number of fused-ring (bicyclic) bond motifs is 1. The van der Waals surface area contributed by atoms with E-state index in [0.717, 1.165) is 5.69 Å². The Morgan fingerprint density at radius 3 is 2.83 bits per heavy atom. The molecule has 1 aliphatic heterocycles. The van der Waals surface area contributed by atoms with Gasteiger partial charge in [0.05, 0.1) is 17.3 Å². The monoisotopic (exact) mass is 251 g/mol. The number of carboxylic acid groups (broad SMARTS) is 1. The van der Waals surface area contributed by atoms with E-state index in [1.807, 2.05) is 18.9 Å². The van der Waals surface area contributed by atoms with Gasteiger partial charge in [0.2, 0.25) is 0 Å². The Kier molecular flexibility index (Phi) is 3.43. The van der Waals surface area contributed by atoms with E-state index in [1.54, 1.807) is 12.1 Å². The number of anilines is 1. The van der Waals surface area contributed by atoms with Crippen LogP contribution in [0.3, 0.4) is 0 Å². The molecule has 2 rings (SSSR count). The van der Waals surface area contributed by atoms with Gasteiger partial charge in [0.25, 0.3) is 0 Å². The molecule has 18 heavy (non-hydrogen) atoms. The molecule has 0 saturated carbocycles. The molecule has 0 bridgehead atoms. The summed E-state index contributed by atoms with van der Waals surface area (Å²) in [6, 6.07) is 5.00. The molecule has 1 heterocycles. The molecule has 2 N–H and O–H groups in total. The molecule has 0 aromatic heterocycles. The largest absolute Gasteiger partial charge is 0.486 e. The number of aromatic carboxylic acids is 1. The minimum absolute atomic E-state index is 0.0524. The highest BCUT2D eigenvalue weighted by atomic mass is 16.5. The highest BCUT2D eigenvalue weighted by molar-refractivity contribution is 5.89. The van der Waals surface area contributed by atoms with Gasteiger partial charge in [-0.05, 0) is 25.1 Å². The first-order chi connectivity index (χ1) is 8.54. The van der Waals surface area contributed by atoms with Crippen LogP contribution in [0.4, 0.5) is 5.69 Å². The molecular weight excluding hydrogens is 234 g/mol. The van der Waals surface area contributed by atoms with Gasteiger partial charge in [0.15, 0.2) is 0 Å². The van der Waals surface area contributed by atoms with Gasteiger partial charge in [-0.3, -0.25) is 0 Å². The molecule has 1 aromatic rings. The first-order valence-corrected chi connectivity index (χ1v) is 5.92. The van der Waals surface area contributed by atoms with Crippen LogP contribution in [0.25, 0.3) is 0 Å². The zero-order chi connectivity index (χ0) is 13.3. The van der Waals surface area contributed by atoms with Crippen LogP contribution in [0.5, 0.6) is 5.75 Å². The Labute approximate surface area is 106 Å². The second-order valence-corrected chi connectivity index (χ2v) is 4.51. The third-order valence-corrected chi connectivity index (χ3v) is 3.43. The number of ether oxygens (including phenoxy) is 1. The van der Waals surface area contributed by atoms with Crippen molar-refractivity contribution in [2.75, 3.05) is 18.6 Å². The number of nitrogens with zero attached hydrogens (tertiary/aromatic N) is 1. The fourth-order valence-electron chi connectivity index (χ4n) is 2.19. The van der Waals surface area contributed by atoms with E-state index in [2.05, 4.69) is 0 Å². The quantitative estimate of drug-likeness (QED) is 0.848. The fourth-order valence-corrected chi connectivity index (χ4v) is 2.19. The average molecular weight is 251 g/mol. The molecule has 0 spiro atoms. The van der Waals surface area contributed by atoms with Crippen molar-refractivity contribution in [3.8, 4) is 5.75 Å². The summed E-state index contributed by atoms with van der Waals surface area (Å²) in [5.74, 6) is -0.407. The maximum absolute atomic E-state index is 10.9. The SMILES string of the molecule is CC1C(CCO)Oc2cc(C(=O)O)ccc2N1C. The van der Waals surface area contributed by atoms with E-state index in [0.29, 0.717) is 12.2 Å². The van der Waals surface area contributed by atoms with Crippen LogP contribution in [0.15, 0.2) is 18.2 Å². The van der Waals surface area contributed by atoms with Gasteiger partial charge in [0, 0.05) is 20.1 Å². The zero-order valence-electron chi connectivity index (χ0n) is 10.5. The molecule has 0 radical (unpaired) electrons. The molecule has 2 atom stereocenters. The molecule has 0 amide bonds. The molecule has 0 fully saturated rings. The normalized spacial score (nSPS) is 22.3. The number of hydrogen-bond acceptors (Lipinski definition) is 4. The van der Waals surface area contributed by atoms with Crippen LogP contribution in [0, 0.1) is 0 Å². The van der Waals surface area contributed by atoms with Gasteiger partial charge in [-0.2, -0.15) is 0 Å². The molecule has 98 valence electrons. The maximum Gasteiger partial charge on any atom is 0.335 e. The number of hydrogen-bond donors (Lipinski definition) is 2. The van der Waals surface area contributed by atoms with Crippen molar-refractivity contribution in [1.82, 2.24) is 0 Å². The van der Waals surface area contributed by atoms with Gasteiger partial charge < -0.3 is 19.8 Å². The van der Waals surface area contributed by atoms with Gasteiger partial charge in [-0.15, -0.1) is 0 Å². The van der Waals surface area contributed by atoms with Gasteiger partial charge >= 0.3 is 5.97 Å². The molecule has 1 aromatic carbocycles. The van der Waals surface area contributed by atoms with Gasteiger partial charge in [-0.25, -0.2) is 4.79 Å². The molecule has 0 saturated heterocycles. The van der Waals surface area contributed by atoms with Crippen LogP contribution in [0.1, 0.15) is 23.7 Å². The fraction of sp³-hybridized carbons (Fsp3) is 0.462. The van der Waals surface area contributed by atoms with Gasteiger partial charge in [0.1, 0.15) is 11.9 Å². The summed E-state index contributed by atoms with van der Waals surface area (Å²) in [4.78, 5) is 13.0. The first-order valence-electron chi connectivity index (χ1n) is 5.92. The summed E-state index contributed by atoms with van der Waals surface area (Å²) >= 11 is 0. The number of aliphatic hydroxyl groups excluding tert-OH is 1. The molecular formula is C13H17NO4. The summed E-state index contributed by atoms with van der Waals surface area (Å²) in [5, 5.41) is 18.0. The number of carboxylic acids is 1. The Balaban J connectivity index is 2.36. The van der Waals surface area contributed by atoms with E-state index < -0.39 is 5.97 Å². The number of carbonyl (C=O) groups is 1. The number of aliphatic hydroxyl groups is 1. The predicted molar refractivity (Wildman–Crippen MR) is 67.4 cm³/mol. The van der Waals surface area contributed by atoms with Crippen molar-refractivity contribution in [2.45, 2.75) is 25.5 Å². The van der Waals surface area contributed by atoms with E-state index in [9.17, 15) is 4.79 Å². The van der Waals surface area contributed by atoms with Crippen molar-refractivity contribution in [2.24, 2.45) is 0 Å². The lowest BCUT2D eigenvalue weighted by molar-refractivity contribution is 0.0695. The van der Waals surface area contributed by atoms with E-state index in [-0.39, 0.29) is 24.3 Å². The van der Waals surface area contributed by atoms with Crippen molar-refractivity contribution >= 4 is 11.7 Å². The summed E-state index contributed by atoms with van der Waals surface area (Å²) < 4.78 is 5.78. The minimum atomic E-state index is -0.971. The van der Waals surface area contributed by atoms with Crippen molar-refractivity contribution < 1.29 is 19.7 Å². The molecule has 2 unspecified atom stereocenters. The van der Waals surface area contributed by atoms with E-state index in [1.165, 1.54) is 6.07 Å². The summed E-state index contributed by atoms with van der Waals surface area (Å²) in [6.07, 6.45) is 0.402. The van der Waals surface area contributed by atoms with Crippen LogP contribution < -0.4 is 9.64 Å². The van der Waals surface area contributed by atoms with Crippen molar-refractivity contribution in [1.29, 1.82) is 0 Å². The molecule has 5 nitrogen and oxygen atoms in total. The standard InChI is InChI=1S/C13H17NO4/c1-8-11(5-6-15)18-12-7-9(13(16)17)3-4-10(12)14(8)2/h3-4,7-8,11,15H,5-6H2,1-2H3,(H,16,17). The summed E-state index contributed by atoms with van der Waals surface area (Å²) in [7, 11) is 1.94. The van der Waals surface area contributed by atoms with Crippen molar-refractivity contribution in [3.05, 3.63) is 23.8 Å². The minimum Gasteiger partial charge on any atom is -0.486 e. The van der Waals surface area contributed by atoms with Crippen LogP contribution in [-0.2, 0) is 0 Å². The third-order valence-electron chi connectivity index (χ3n) is 3.43. The Morgan fingerprint density at radius 2 is 2.22 bits per heavy atom. The molecule has 0 aliphatic carbocycles. The smallest absolute Gasteiger partial charge is 0.335 e. The van der Waals surface area contributed by atoms with Gasteiger partial charge in [-0.1, -0.05) is 0 Å². The van der Waals surface area contributed by atoms with Crippen LogP contribution in [0.2, 0.25) is 0 Å². The molecule has 1 aliphatic rings. The summed E-state index contributed by atoms with van der Waals surface area (Å²) in [5.41, 5.74) is 1.08.